The lowest BCUT2D eigenvalue weighted by Crippen LogP contribution is -2.09. The predicted octanol–water partition coefficient (Wildman–Crippen LogP) is 2.30. The Bertz CT molecular complexity index is 603. The number of H-pyrrole nitrogens is 1. The maximum absolute atomic E-state index is 12.5. The van der Waals surface area contributed by atoms with Crippen LogP contribution in [0.4, 0.5) is 13.2 Å². The quantitative estimate of drug-likeness (QED) is 0.774. The van der Waals surface area contributed by atoms with Crippen molar-refractivity contribution in [1.29, 1.82) is 0 Å². The van der Waals surface area contributed by atoms with Crippen LogP contribution in [0.2, 0.25) is 0 Å². The second-order valence-electron chi connectivity index (χ2n) is 3.74. The summed E-state index contributed by atoms with van der Waals surface area (Å²) in [6.45, 7) is 0. The predicted molar refractivity (Wildman–Crippen MR) is 55.9 cm³/mol. The normalized spacial score (nSPS) is 13.8. The lowest BCUT2D eigenvalue weighted by Gasteiger charge is -2.07. The van der Waals surface area contributed by atoms with Crippen LogP contribution in [0.1, 0.15) is 17.2 Å². The van der Waals surface area contributed by atoms with Crippen LogP contribution in [0, 0.1) is 0 Å². The van der Waals surface area contributed by atoms with Crippen molar-refractivity contribution in [3.05, 3.63) is 35.5 Å². The van der Waals surface area contributed by atoms with Gasteiger partial charge in [0.25, 0.3) is 0 Å². The van der Waals surface area contributed by atoms with Gasteiger partial charge in [-0.1, -0.05) is 6.07 Å². The third-order valence-electron chi connectivity index (χ3n) is 2.57. The largest absolute Gasteiger partial charge is 0.479 e. The Balaban J connectivity index is 2.54. The molecular formula is C11H8F3NO3. The SMILES string of the molecule is O=C(O)C(O)c1c[nH]c2cc(C(F)(F)F)ccc12. The number of nitrogens with one attached hydrogen (secondary N) is 1. The van der Waals surface area contributed by atoms with E-state index in [9.17, 15) is 23.1 Å². The lowest BCUT2D eigenvalue weighted by molar-refractivity contribution is -0.146. The molecule has 0 saturated heterocycles. The number of carboxylic acid groups (broad SMARTS) is 1. The minimum absolute atomic E-state index is 0.0335. The molecule has 0 aliphatic carbocycles. The number of hydrogen-bond acceptors (Lipinski definition) is 2. The van der Waals surface area contributed by atoms with Gasteiger partial charge in [0.2, 0.25) is 0 Å². The Morgan fingerprint density at radius 1 is 1.33 bits per heavy atom. The first-order valence-corrected chi connectivity index (χ1v) is 4.90. The molecule has 0 saturated carbocycles. The fraction of sp³-hybridized carbons (Fsp3) is 0.182. The fourth-order valence-corrected chi connectivity index (χ4v) is 1.68. The highest BCUT2D eigenvalue weighted by molar-refractivity contribution is 5.88. The Hall–Kier alpha value is -2.02. The smallest absolute Gasteiger partial charge is 0.416 e. The van der Waals surface area contributed by atoms with Crippen LogP contribution in [0.5, 0.6) is 0 Å². The highest BCUT2D eigenvalue weighted by atomic mass is 19.4. The number of aliphatic hydroxyl groups excluding tert-OH is 1. The summed E-state index contributed by atoms with van der Waals surface area (Å²) in [6.07, 6.45) is -5.05. The van der Waals surface area contributed by atoms with E-state index in [1.54, 1.807) is 0 Å². The molecule has 3 N–H and O–H groups in total. The van der Waals surface area contributed by atoms with E-state index in [0.29, 0.717) is 0 Å². The monoisotopic (exact) mass is 259 g/mol. The molecule has 96 valence electrons. The third kappa shape index (κ3) is 2.04. The minimum atomic E-state index is -4.47. The highest BCUT2D eigenvalue weighted by Crippen LogP contribution is 2.33. The van der Waals surface area contributed by atoms with Crippen LogP contribution in [0.25, 0.3) is 10.9 Å². The fourth-order valence-electron chi connectivity index (χ4n) is 1.68. The van der Waals surface area contributed by atoms with Crippen molar-refractivity contribution in [2.45, 2.75) is 12.3 Å². The van der Waals surface area contributed by atoms with Gasteiger partial charge in [-0.05, 0) is 12.1 Å². The maximum Gasteiger partial charge on any atom is 0.416 e. The van der Waals surface area contributed by atoms with Crippen molar-refractivity contribution in [1.82, 2.24) is 4.98 Å². The average Bonchev–Trinajstić information content (AvgIpc) is 2.69. The van der Waals surface area contributed by atoms with Crippen LogP contribution in [-0.2, 0) is 11.0 Å². The standard InChI is InChI=1S/C11H8F3NO3/c12-11(13,14)5-1-2-6-7(9(16)10(17)18)4-15-8(6)3-5/h1-4,9,15-16H,(H,17,18). The number of carbonyl (C=O) groups is 1. The third-order valence-corrected chi connectivity index (χ3v) is 2.57. The summed E-state index contributed by atoms with van der Waals surface area (Å²) in [5.41, 5.74) is -0.681. The summed E-state index contributed by atoms with van der Waals surface area (Å²) in [7, 11) is 0. The van der Waals surface area contributed by atoms with Gasteiger partial charge in [-0.15, -0.1) is 0 Å². The number of aliphatic hydroxyl groups is 1. The molecule has 2 rings (SSSR count). The first-order valence-electron chi connectivity index (χ1n) is 4.90. The van der Waals surface area contributed by atoms with Crippen LogP contribution in [-0.4, -0.2) is 21.2 Å². The number of fused-ring (bicyclic) bond motifs is 1. The summed E-state index contributed by atoms with van der Waals surface area (Å²) in [5.74, 6) is -1.46. The molecule has 1 aromatic carbocycles. The number of aromatic amines is 1. The van der Waals surface area contributed by atoms with Gasteiger partial charge >= 0.3 is 12.1 Å². The zero-order valence-electron chi connectivity index (χ0n) is 8.82. The number of aliphatic carboxylic acids is 1. The van der Waals surface area contributed by atoms with Gasteiger partial charge in [0.05, 0.1) is 5.56 Å². The van der Waals surface area contributed by atoms with Crippen molar-refractivity contribution in [2.24, 2.45) is 0 Å². The van der Waals surface area contributed by atoms with Gasteiger partial charge in [-0.25, -0.2) is 4.79 Å². The molecule has 4 nitrogen and oxygen atoms in total. The Morgan fingerprint density at radius 2 is 2.00 bits per heavy atom. The number of halogens is 3. The molecule has 2 aromatic rings. The number of aromatic nitrogens is 1. The van der Waals surface area contributed by atoms with Gasteiger partial charge in [0.1, 0.15) is 0 Å². The summed E-state index contributed by atoms with van der Waals surface area (Å²) in [4.78, 5) is 13.1. The molecule has 1 aromatic heterocycles. The molecule has 0 radical (unpaired) electrons. The Labute approximate surface area is 98.7 Å². The maximum atomic E-state index is 12.5. The first-order chi connectivity index (χ1) is 8.30. The molecule has 0 amide bonds. The molecule has 18 heavy (non-hydrogen) atoms. The average molecular weight is 259 g/mol. The molecule has 0 bridgehead atoms. The van der Waals surface area contributed by atoms with Crippen LogP contribution in [0.15, 0.2) is 24.4 Å². The molecule has 7 heteroatoms. The lowest BCUT2D eigenvalue weighted by atomic mass is 10.1. The van der Waals surface area contributed by atoms with Crippen molar-refractivity contribution in [3.63, 3.8) is 0 Å². The van der Waals surface area contributed by atoms with E-state index in [1.807, 2.05) is 0 Å². The van der Waals surface area contributed by atoms with Gasteiger partial charge in [0.15, 0.2) is 6.10 Å². The van der Waals surface area contributed by atoms with Gasteiger partial charge in [-0.3, -0.25) is 0 Å². The van der Waals surface area contributed by atoms with E-state index in [1.165, 1.54) is 6.20 Å². The highest BCUT2D eigenvalue weighted by Gasteiger charge is 2.31. The van der Waals surface area contributed by atoms with E-state index in [0.717, 1.165) is 18.2 Å². The van der Waals surface area contributed by atoms with Gasteiger partial charge in [-0.2, -0.15) is 13.2 Å². The minimum Gasteiger partial charge on any atom is -0.479 e. The first kappa shape index (κ1) is 12.4. The molecule has 0 spiro atoms. The molecule has 0 aliphatic rings. The number of benzene rings is 1. The molecule has 0 fully saturated rings. The summed E-state index contributed by atoms with van der Waals surface area (Å²) >= 11 is 0. The van der Waals surface area contributed by atoms with Crippen LogP contribution >= 0.6 is 0 Å². The van der Waals surface area contributed by atoms with E-state index in [2.05, 4.69) is 4.98 Å². The van der Waals surface area contributed by atoms with Crippen molar-refractivity contribution >= 4 is 16.9 Å². The van der Waals surface area contributed by atoms with Crippen molar-refractivity contribution in [2.75, 3.05) is 0 Å². The summed E-state index contributed by atoms with van der Waals surface area (Å²) < 4.78 is 37.4. The van der Waals surface area contributed by atoms with Gasteiger partial charge in [0, 0.05) is 22.7 Å². The van der Waals surface area contributed by atoms with E-state index in [-0.39, 0.29) is 16.5 Å². The zero-order valence-corrected chi connectivity index (χ0v) is 8.82. The van der Waals surface area contributed by atoms with E-state index < -0.39 is 23.8 Å². The summed E-state index contributed by atoms with van der Waals surface area (Å²) in [6, 6.07) is 2.85. The molecule has 1 unspecified atom stereocenters. The molecule has 1 atom stereocenters. The van der Waals surface area contributed by atoms with Crippen molar-refractivity contribution in [3.8, 4) is 0 Å². The Kier molecular flexibility index (Phi) is 2.78. The second-order valence-corrected chi connectivity index (χ2v) is 3.74. The van der Waals surface area contributed by atoms with E-state index >= 15 is 0 Å². The summed E-state index contributed by atoms with van der Waals surface area (Å²) in [5, 5.41) is 18.3. The number of carboxylic acids is 1. The van der Waals surface area contributed by atoms with E-state index in [4.69, 9.17) is 5.11 Å². The zero-order chi connectivity index (χ0) is 13.5. The molecule has 0 aliphatic heterocycles. The molecular weight excluding hydrogens is 251 g/mol. The molecule has 1 heterocycles. The van der Waals surface area contributed by atoms with Gasteiger partial charge < -0.3 is 15.2 Å². The topological polar surface area (TPSA) is 73.3 Å². The van der Waals surface area contributed by atoms with Crippen LogP contribution < -0.4 is 0 Å². The number of hydrogen-bond donors (Lipinski definition) is 3. The second kappa shape index (κ2) is 4.02. The number of rotatable bonds is 2. The van der Waals surface area contributed by atoms with Crippen molar-refractivity contribution < 1.29 is 28.2 Å². The Morgan fingerprint density at radius 3 is 2.56 bits per heavy atom. The number of alkyl halides is 3. The van der Waals surface area contributed by atoms with Crippen LogP contribution in [0.3, 0.4) is 0 Å².